The SMILES string of the molecule is CCN(CCS(=O)(=O)O)c1ccccc1.[K]. The molecule has 1 aromatic rings. The Balaban J connectivity index is 0.00000225. The maximum Gasteiger partial charge on any atom is 0.266 e. The van der Waals surface area contributed by atoms with Crippen molar-refractivity contribution >= 4 is 67.2 Å². The Hall–Kier alpha value is 0.566. The minimum absolute atomic E-state index is 0. The molecular formula is C10H15KNO3S. The summed E-state index contributed by atoms with van der Waals surface area (Å²) in [7, 11) is -3.88. The van der Waals surface area contributed by atoms with Gasteiger partial charge in [0.05, 0.1) is 5.75 Å². The van der Waals surface area contributed by atoms with Crippen molar-refractivity contribution < 1.29 is 13.0 Å². The monoisotopic (exact) mass is 268 g/mol. The minimum atomic E-state index is -3.88. The molecule has 6 heteroatoms. The van der Waals surface area contributed by atoms with E-state index < -0.39 is 10.1 Å². The maximum absolute atomic E-state index is 10.6. The Bertz CT molecular complexity index is 394. The number of hydrogen-bond donors (Lipinski definition) is 1. The van der Waals surface area contributed by atoms with Crippen molar-refractivity contribution in [3.05, 3.63) is 30.3 Å². The molecular weight excluding hydrogens is 253 g/mol. The first kappa shape index (κ1) is 16.6. The van der Waals surface area contributed by atoms with Gasteiger partial charge >= 0.3 is 0 Å². The molecule has 0 heterocycles. The zero-order chi connectivity index (χ0) is 11.3. The van der Waals surface area contributed by atoms with E-state index in [1.165, 1.54) is 0 Å². The van der Waals surface area contributed by atoms with E-state index in [0.29, 0.717) is 13.1 Å². The fourth-order valence-corrected chi connectivity index (χ4v) is 1.79. The van der Waals surface area contributed by atoms with Gasteiger partial charge in [-0.05, 0) is 19.1 Å². The van der Waals surface area contributed by atoms with Crippen LogP contribution in [0.3, 0.4) is 0 Å². The van der Waals surface area contributed by atoms with Crippen molar-refractivity contribution in [2.45, 2.75) is 6.92 Å². The van der Waals surface area contributed by atoms with Crippen LogP contribution >= 0.6 is 0 Å². The number of hydrogen-bond acceptors (Lipinski definition) is 3. The summed E-state index contributed by atoms with van der Waals surface area (Å²) in [5.41, 5.74) is 0.962. The van der Waals surface area contributed by atoms with Crippen LogP contribution in [0.5, 0.6) is 0 Å². The van der Waals surface area contributed by atoms with E-state index in [-0.39, 0.29) is 57.1 Å². The summed E-state index contributed by atoms with van der Waals surface area (Å²) in [4.78, 5) is 1.90. The minimum Gasteiger partial charge on any atom is -0.371 e. The van der Waals surface area contributed by atoms with Crippen LogP contribution in [0.15, 0.2) is 30.3 Å². The third kappa shape index (κ3) is 6.34. The van der Waals surface area contributed by atoms with Gasteiger partial charge in [-0.15, -0.1) is 0 Å². The van der Waals surface area contributed by atoms with Gasteiger partial charge in [-0.1, -0.05) is 18.2 Å². The van der Waals surface area contributed by atoms with Gasteiger partial charge < -0.3 is 4.90 Å². The van der Waals surface area contributed by atoms with E-state index in [0.717, 1.165) is 5.69 Å². The predicted molar refractivity (Wildman–Crippen MR) is 66.5 cm³/mol. The molecule has 0 spiro atoms. The summed E-state index contributed by atoms with van der Waals surface area (Å²) in [6.07, 6.45) is 0. The molecule has 0 atom stereocenters. The first-order valence-electron chi connectivity index (χ1n) is 4.78. The van der Waals surface area contributed by atoms with Gasteiger partial charge in [0.1, 0.15) is 0 Å². The van der Waals surface area contributed by atoms with Gasteiger partial charge in [-0.25, -0.2) is 0 Å². The Morgan fingerprint density at radius 1 is 1.25 bits per heavy atom. The molecule has 4 nitrogen and oxygen atoms in total. The standard InChI is InChI=1S/C10H15NO3S.K/c1-2-11(8-9-15(12,13)14)10-6-4-3-5-7-10;/h3-7H,2,8-9H2,1H3,(H,12,13,14);. The van der Waals surface area contributed by atoms with Gasteiger partial charge in [-0.3, -0.25) is 4.55 Å². The van der Waals surface area contributed by atoms with Gasteiger partial charge in [-0.2, -0.15) is 8.42 Å². The van der Waals surface area contributed by atoms with E-state index in [1.807, 2.05) is 42.2 Å². The molecule has 0 aromatic heterocycles. The molecule has 0 aliphatic carbocycles. The molecule has 16 heavy (non-hydrogen) atoms. The quantitative estimate of drug-likeness (QED) is 0.640. The van der Waals surface area contributed by atoms with Gasteiger partial charge in [0, 0.05) is 70.2 Å². The molecule has 0 amide bonds. The Labute approximate surface area is 139 Å². The van der Waals surface area contributed by atoms with Crippen LogP contribution in [0.25, 0.3) is 0 Å². The zero-order valence-corrected chi connectivity index (χ0v) is 13.6. The average Bonchev–Trinajstić information content (AvgIpc) is 2.19. The molecule has 1 aromatic carbocycles. The fourth-order valence-electron chi connectivity index (χ4n) is 1.33. The second kappa shape index (κ2) is 7.81. The van der Waals surface area contributed by atoms with Crippen molar-refractivity contribution in [2.75, 3.05) is 23.7 Å². The molecule has 1 rings (SSSR count). The first-order valence-corrected chi connectivity index (χ1v) is 6.39. The first-order chi connectivity index (χ1) is 7.03. The largest absolute Gasteiger partial charge is 0.371 e. The molecule has 0 saturated heterocycles. The maximum atomic E-state index is 10.6. The summed E-state index contributed by atoms with van der Waals surface area (Å²) in [6, 6.07) is 9.51. The summed E-state index contributed by atoms with van der Waals surface area (Å²) < 4.78 is 29.9. The van der Waals surface area contributed by atoms with E-state index in [9.17, 15) is 8.42 Å². The van der Waals surface area contributed by atoms with Crippen LogP contribution < -0.4 is 4.90 Å². The number of benzene rings is 1. The Kier molecular flexibility index (Phi) is 8.09. The molecule has 0 saturated carbocycles. The van der Waals surface area contributed by atoms with Crippen LogP contribution in [0, 0.1) is 0 Å². The molecule has 1 radical (unpaired) electrons. The summed E-state index contributed by atoms with van der Waals surface area (Å²) in [5, 5.41) is 0. The molecule has 0 aliphatic rings. The van der Waals surface area contributed by atoms with E-state index in [1.54, 1.807) is 0 Å². The zero-order valence-electron chi connectivity index (χ0n) is 9.63. The molecule has 85 valence electrons. The van der Waals surface area contributed by atoms with Crippen LogP contribution in [0.1, 0.15) is 6.92 Å². The third-order valence-electron chi connectivity index (χ3n) is 2.12. The molecule has 0 bridgehead atoms. The van der Waals surface area contributed by atoms with E-state index >= 15 is 0 Å². The summed E-state index contributed by atoms with van der Waals surface area (Å²) >= 11 is 0. The fraction of sp³-hybridized carbons (Fsp3) is 0.400. The second-order valence-corrected chi connectivity index (χ2v) is 4.77. The van der Waals surface area contributed by atoms with Crippen molar-refractivity contribution in [3.63, 3.8) is 0 Å². The summed E-state index contributed by atoms with van der Waals surface area (Å²) in [6.45, 7) is 2.95. The Morgan fingerprint density at radius 3 is 2.25 bits per heavy atom. The van der Waals surface area contributed by atoms with Crippen LogP contribution in [0.4, 0.5) is 5.69 Å². The van der Waals surface area contributed by atoms with Crippen LogP contribution in [-0.2, 0) is 10.1 Å². The molecule has 0 fully saturated rings. The van der Waals surface area contributed by atoms with Crippen molar-refractivity contribution in [1.82, 2.24) is 0 Å². The van der Waals surface area contributed by atoms with Crippen molar-refractivity contribution in [3.8, 4) is 0 Å². The van der Waals surface area contributed by atoms with Crippen molar-refractivity contribution in [1.29, 1.82) is 0 Å². The number of rotatable bonds is 5. The predicted octanol–water partition coefficient (Wildman–Crippen LogP) is 1.02. The normalized spacial score (nSPS) is 10.6. The molecule has 0 unspecified atom stereocenters. The van der Waals surface area contributed by atoms with Gasteiger partial charge in [0.15, 0.2) is 0 Å². The molecule has 0 aliphatic heterocycles. The topological polar surface area (TPSA) is 57.6 Å². The number of para-hydroxylation sites is 1. The second-order valence-electron chi connectivity index (χ2n) is 3.20. The van der Waals surface area contributed by atoms with E-state index in [2.05, 4.69) is 0 Å². The average molecular weight is 268 g/mol. The Morgan fingerprint density at radius 2 is 1.81 bits per heavy atom. The smallest absolute Gasteiger partial charge is 0.266 e. The molecule has 1 N–H and O–H groups in total. The van der Waals surface area contributed by atoms with Gasteiger partial charge in [0.2, 0.25) is 0 Å². The van der Waals surface area contributed by atoms with Crippen molar-refractivity contribution in [2.24, 2.45) is 0 Å². The summed E-state index contributed by atoms with van der Waals surface area (Å²) in [5.74, 6) is -0.240. The van der Waals surface area contributed by atoms with E-state index in [4.69, 9.17) is 4.55 Å². The number of anilines is 1. The third-order valence-corrected chi connectivity index (χ3v) is 2.82. The number of nitrogens with zero attached hydrogens (tertiary/aromatic N) is 1. The van der Waals surface area contributed by atoms with Gasteiger partial charge in [0.25, 0.3) is 10.1 Å². The van der Waals surface area contributed by atoms with Crippen LogP contribution in [0.2, 0.25) is 0 Å². The van der Waals surface area contributed by atoms with Crippen LogP contribution in [-0.4, -0.2) is 83.2 Å².